The van der Waals surface area contributed by atoms with Crippen molar-refractivity contribution in [3.63, 3.8) is 0 Å². The minimum Gasteiger partial charge on any atom is -0.356 e. The van der Waals surface area contributed by atoms with Gasteiger partial charge in [-0.15, -0.1) is 0 Å². The average molecular weight is 350 g/mol. The fraction of sp³-hybridized carbons (Fsp3) is 0.500. The van der Waals surface area contributed by atoms with Crippen LogP contribution in [-0.2, 0) is 10.9 Å². The van der Waals surface area contributed by atoms with Crippen molar-refractivity contribution in [1.82, 2.24) is 14.8 Å². The molecular formula is C12H11BrF3N3O. The molecule has 3 rings (SSSR count). The van der Waals surface area contributed by atoms with Gasteiger partial charge in [0.25, 0.3) is 0 Å². The van der Waals surface area contributed by atoms with E-state index in [-0.39, 0.29) is 6.23 Å². The van der Waals surface area contributed by atoms with Crippen LogP contribution in [0.3, 0.4) is 0 Å². The molecule has 3 heterocycles. The Morgan fingerprint density at radius 1 is 1.35 bits per heavy atom. The van der Waals surface area contributed by atoms with Gasteiger partial charge in [-0.05, 0) is 41.3 Å². The van der Waals surface area contributed by atoms with E-state index in [4.69, 9.17) is 4.74 Å². The van der Waals surface area contributed by atoms with E-state index < -0.39 is 11.7 Å². The van der Waals surface area contributed by atoms with Crippen molar-refractivity contribution in [3.05, 3.63) is 22.4 Å². The van der Waals surface area contributed by atoms with Crippen molar-refractivity contribution < 1.29 is 17.9 Å². The Labute approximate surface area is 121 Å². The van der Waals surface area contributed by atoms with Crippen molar-refractivity contribution in [1.29, 1.82) is 0 Å². The largest absolute Gasteiger partial charge is 0.417 e. The van der Waals surface area contributed by atoms with Gasteiger partial charge in [-0.1, -0.05) is 0 Å². The Hall–Kier alpha value is -1.15. The van der Waals surface area contributed by atoms with Crippen molar-refractivity contribution in [3.8, 4) is 0 Å². The third-order valence-electron chi connectivity index (χ3n) is 3.26. The van der Waals surface area contributed by atoms with Crippen LogP contribution >= 0.6 is 15.9 Å². The third kappa shape index (κ3) is 2.42. The summed E-state index contributed by atoms with van der Waals surface area (Å²) in [5.41, 5.74) is -0.0415. The summed E-state index contributed by atoms with van der Waals surface area (Å²) < 4.78 is 45.8. The molecule has 2 aromatic heterocycles. The molecular weight excluding hydrogens is 339 g/mol. The fourth-order valence-corrected chi connectivity index (χ4v) is 2.75. The summed E-state index contributed by atoms with van der Waals surface area (Å²) in [4.78, 5) is 3.86. The van der Waals surface area contributed by atoms with E-state index >= 15 is 0 Å². The lowest BCUT2D eigenvalue weighted by atomic mass is 10.2. The Balaban J connectivity index is 2.11. The maximum Gasteiger partial charge on any atom is 0.417 e. The first-order chi connectivity index (χ1) is 9.47. The van der Waals surface area contributed by atoms with Gasteiger partial charge in [0.2, 0.25) is 0 Å². The zero-order chi connectivity index (χ0) is 14.3. The highest BCUT2D eigenvalue weighted by molar-refractivity contribution is 9.10. The number of fused-ring (bicyclic) bond motifs is 1. The lowest BCUT2D eigenvalue weighted by Crippen LogP contribution is -2.19. The molecule has 0 saturated carbocycles. The molecule has 0 amide bonds. The van der Waals surface area contributed by atoms with Crippen LogP contribution in [0.25, 0.3) is 11.0 Å². The van der Waals surface area contributed by atoms with Gasteiger partial charge in [0, 0.05) is 12.8 Å². The molecule has 1 saturated heterocycles. The lowest BCUT2D eigenvalue weighted by molar-refractivity contribution is -0.137. The fourth-order valence-electron chi connectivity index (χ4n) is 2.27. The summed E-state index contributed by atoms with van der Waals surface area (Å²) in [7, 11) is 0. The maximum atomic E-state index is 12.8. The zero-order valence-corrected chi connectivity index (χ0v) is 11.9. The number of ether oxygens (including phenoxy) is 1. The Bertz CT molecular complexity index is 635. The van der Waals surface area contributed by atoms with Gasteiger partial charge in [-0.2, -0.15) is 18.3 Å². The first kappa shape index (κ1) is 13.8. The first-order valence-corrected chi connectivity index (χ1v) is 6.98. The number of pyridine rings is 1. The predicted octanol–water partition coefficient (Wildman–Crippen LogP) is 3.91. The van der Waals surface area contributed by atoms with Crippen molar-refractivity contribution in [2.75, 3.05) is 6.61 Å². The normalized spacial score (nSPS) is 20.5. The van der Waals surface area contributed by atoms with Crippen LogP contribution in [0.5, 0.6) is 0 Å². The number of hydrogen-bond donors (Lipinski definition) is 0. The van der Waals surface area contributed by atoms with E-state index in [1.165, 1.54) is 4.68 Å². The maximum absolute atomic E-state index is 12.8. The Morgan fingerprint density at radius 2 is 2.15 bits per heavy atom. The number of aromatic nitrogens is 3. The Morgan fingerprint density at radius 3 is 2.80 bits per heavy atom. The molecule has 1 unspecified atom stereocenters. The summed E-state index contributed by atoms with van der Waals surface area (Å²) in [6.45, 7) is 0.593. The van der Waals surface area contributed by atoms with Gasteiger partial charge in [-0.25, -0.2) is 4.68 Å². The topological polar surface area (TPSA) is 39.9 Å². The smallest absolute Gasteiger partial charge is 0.356 e. The summed E-state index contributed by atoms with van der Waals surface area (Å²) in [6.07, 6.45) is -1.27. The van der Waals surface area contributed by atoms with E-state index in [0.29, 0.717) is 22.2 Å². The standard InChI is InChI=1S/C12H11BrF3N3O/c13-11-10-8(5-7(6-17-10)12(14,15)16)19(18-11)9-3-1-2-4-20-9/h5-6,9H,1-4H2. The molecule has 0 N–H and O–H groups in total. The van der Waals surface area contributed by atoms with Crippen LogP contribution < -0.4 is 0 Å². The van der Waals surface area contributed by atoms with Crippen LogP contribution in [0, 0.1) is 0 Å². The molecule has 108 valence electrons. The minimum atomic E-state index is -4.42. The van der Waals surface area contributed by atoms with Gasteiger partial charge in [0.05, 0.1) is 11.1 Å². The SMILES string of the molecule is FC(F)(F)c1cnc2c(Br)nn(C3CCCCO3)c2c1. The van der Waals surface area contributed by atoms with Gasteiger partial charge in [0.15, 0.2) is 10.8 Å². The molecule has 1 aliphatic heterocycles. The molecule has 2 aromatic rings. The molecule has 20 heavy (non-hydrogen) atoms. The van der Waals surface area contributed by atoms with E-state index in [1.807, 2.05) is 0 Å². The first-order valence-electron chi connectivity index (χ1n) is 6.19. The Kier molecular flexibility index (Phi) is 3.45. The molecule has 0 aromatic carbocycles. The van der Waals surface area contributed by atoms with Crippen LogP contribution in [0.2, 0.25) is 0 Å². The van der Waals surface area contributed by atoms with Gasteiger partial charge in [0.1, 0.15) is 5.52 Å². The molecule has 1 atom stereocenters. The molecule has 8 heteroatoms. The molecule has 4 nitrogen and oxygen atoms in total. The zero-order valence-electron chi connectivity index (χ0n) is 10.3. The van der Waals surface area contributed by atoms with Crippen LogP contribution in [0.1, 0.15) is 31.1 Å². The molecule has 1 aliphatic rings. The van der Waals surface area contributed by atoms with Gasteiger partial charge >= 0.3 is 6.18 Å². The lowest BCUT2D eigenvalue weighted by Gasteiger charge is -2.23. The highest BCUT2D eigenvalue weighted by atomic mass is 79.9. The van der Waals surface area contributed by atoms with Crippen molar-refractivity contribution in [2.24, 2.45) is 0 Å². The summed E-state index contributed by atoms with van der Waals surface area (Å²) in [5.74, 6) is 0. The molecule has 0 spiro atoms. The summed E-state index contributed by atoms with van der Waals surface area (Å²) >= 11 is 3.23. The van der Waals surface area contributed by atoms with Crippen LogP contribution in [-0.4, -0.2) is 21.4 Å². The second-order valence-electron chi connectivity index (χ2n) is 4.65. The van der Waals surface area contributed by atoms with E-state index in [1.54, 1.807) is 0 Å². The second-order valence-corrected chi connectivity index (χ2v) is 5.40. The van der Waals surface area contributed by atoms with Crippen molar-refractivity contribution in [2.45, 2.75) is 31.7 Å². The molecule has 1 fully saturated rings. The molecule has 0 radical (unpaired) electrons. The van der Waals surface area contributed by atoms with Gasteiger partial charge < -0.3 is 4.74 Å². The third-order valence-corrected chi connectivity index (χ3v) is 3.80. The van der Waals surface area contributed by atoms with E-state index in [9.17, 15) is 13.2 Å². The molecule has 0 bridgehead atoms. The van der Waals surface area contributed by atoms with Crippen molar-refractivity contribution >= 4 is 27.0 Å². The summed E-state index contributed by atoms with van der Waals surface area (Å²) in [5, 5.41) is 4.22. The number of rotatable bonds is 1. The number of alkyl halides is 3. The highest BCUT2D eigenvalue weighted by Crippen LogP contribution is 2.34. The summed E-state index contributed by atoms with van der Waals surface area (Å²) in [6, 6.07) is 1.07. The minimum absolute atomic E-state index is 0.331. The highest BCUT2D eigenvalue weighted by Gasteiger charge is 2.32. The monoisotopic (exact) mass is 349 g/mol. The van der Waals surface area contributed by atoms with E-state index in [2.05, 4.69) is 26.0 Å². The van der Waals surface area contributed by atoms with Crippen LogP contribution in [0.4, 0.5) is 13.2 Å². The number of nitrogens with zero attached hydrogens (tertiary/aromatic N) is 3. The van der Waals surface area contributed by atoms with Gasteiger partial charge in [-0.3, -0.25) is 4.98 Å². The van der Waals surface area contributed by atoms with Crippen LogP contribution in [0.15, 0.2) is 16.9 Å². The van der Waals surface area contributed by atoms with E-state index in [0.717, 1.165) is 31.5 Å². The number of hydrogen-bond acceptors (Lipinski definition) is 3. The second kappa shape index (κ2) is 5.00. The number of halogens is 4. The quantitative estimate of drug-likeness (QED) is 0.783. The molecule has 0 aliphatic carbocycles. The average Bonchev–Trinajstić information content (AvgIpc) is 2.76. The predicted molar refractivity (Wildman–Crippen MR) is 69.1 cm³/mol.